The lowest BCUT2D eigenvalue weighted by atomic mass is 10.0. The van der Waals surface area contributed by atoms with E-state index in [1.54, 1.807) is 6.20 Å². The van der Waals surface area contributed by atoms with E-state index in [1.165, 1.54) is 23.4 Å². The van der Waals surface area contributed by atoms with E-state index in [0.29, 0.717) is 0 Å². The van der Waals surface area contributed by atoms with Crippen molar-refractivity contribution in [2.24, 2.45) is 0 Å². The fourth-order valence-electron chi connectivity index (χ4n) is 4.23. The standard InChI is InChI=1S/C22H23N3O5.C9H9N/c1-14(21(27)28)24-20(26)19(11-16-12-23-18-10-6-5-9-17(16)18)25-22(29)30-13-15-7-3-2-4-8-15;1-7-6-10-9-5-3-2-4-8(7)9/h2-10,12,14,19,23H,11,13H2,1H3,(H,24,26)(H,25,29)(H,27,28);2-6,10H,1H3. The normalized spacial score (nSPS) is 12.2. The maximum atomic E-state index is 12.7. The number of carboxylic acid groups (broad SMARTS) is 1. The molecule has 2 atom stereocenters. The highest BCUT2D eigenvalue weighted by Crippen LogP contribution is 2.19. The van der Waals surface area contributed by atoms with Gasteiger partial charge in [-0.25, -0.2) is 4.79 Å². The number of aromatic amines is 2. The van der Waals surface area contributed by atoms with Gasteiger partial charge < -0.3 is 30.4 Å². The lowest BCUT2D eigenvalue weighted by Crippen LogP contribution is -2.51. The summed E-state index contributed by atoms with van der Waals surface area (Å²) in [6.07, 6.45) is 3.21. The molecule has 206 valence electrons. The number of H-pyrrole nitrogens is 2. The third-order valence-corrected chi connectivity index (χ3v) is 6.45. The number of carbonyl (C=O) groups is 3. The fraction of sp³-hybridized carbons (Fsp3) is 0.194. The first-order valence-electron chi connectivity index (χ1n) is 12.9. The van der Waals surface area contributed by atoms with Gasteiger partial charge >= 0.3 is 12.1 Å². The van der Waals surface area contributed by atoms with Crippen LogP contribution in [0.1, 0.15) is 23.6 Å². The molecule has 5 N–H and O–H groups in total. The number of hydrogen-bond acceptors (Lipinski definition) is 4. The highest BCUT2D eigenvalue weighted by Gasteiger charge is 2.26. The number of nitrogens with one attached hydrogen (secondary N) is 4. The van der Waals surface area contributed by atoms with Gasteiger partial charge in [-0.15, -0.1) is 0 Å². The number of ether oxygens (including phenoxy) is 1. The summed E-state index contributed by atoms with van der Waals surface area (Å²) >= 11 is 0. The first kappa shape index (κ1) is 28.0. The fourth-order valence-corrected chi connectivity index (χ4v) is 4.23. The molecule has 0 saturated heterocycles. The monoisotopic (exact) mass is 540 g/mol. The summed E-state index contributed by atoms with van der Waals surface area (Å²) in [4.78, 5) is 42.4. The van der Waals surface area contributed by atoms with Gasteiger partial charge in [-0.1, -0.05) is 66.7 Å². The van der Waals surface area contributed by atoms with Gasteiger partial charge in [0.15, 0.2) is 0 Å². The molecule has 0 fully saturated rings. The van der Waals surface area contributed by atoms with Gasteiger partial charge in [0.2, 0.25) is 5.91 Å². The van der Waals surface area contributed by atoms with Crippen molar-refractivity contribution in [3.8, 4) is 0 Å². The first-order valence-corrected chi connectivity index (χ1v) is 12.9. The number of benzene rings is 3. The summed E-state index contributed by atoms with van der Waals surface area (Å²) in [7, 11) is 0. The molecule has 2 aromatic heterocycles. The van der Waals surface area contributed by atoms with E-state index in [9.17, 15) is 14.4 Å². The maximum Gasteiger partial charge on any atom is 0.408 e. The number of amides is 2. The van der Waals surface area contributed by atoms with Crippen LogP contribution in [0, 0.1) is 6.92 Å². The van der Waals surface area contributed by atoms with Crippen LogP contribution in [-0.2, 0) is 27.4 Å². The topological polar surface area (TPSA) is 136 Å². The molecule has 40 heavy (non-hydrogen) atoms. The Morgan fingerprint density at radius 3 is 2.10 bits per heavy atom. The summed E-state index contributed by atoms with van der Waals surface area (Å²) in [5.74, 6) is -1.77. The van der Waals surface area contributed by atoms with E-state index in [2.05, 4.69) is 45.7 Å². The van der Waals surface area contributed by atoms with E-state index < -0.39 is 30.1 Å². The Morgan fingerprint density at radius 1 is 0.825 bits per heavy atom. The molecule has 3 aromatic carbocycles. The Balaban J connectivity index is 0.000000307. The van der Waals surface area contributed by atoms with Crippen molar-refractivity contribution in [3.05, 3.63) is 108 Å². The van der Waals surface area contributed by atoms with Crippen molar-refractivity contribution >= 4 is 39.8 Å². The zero-order chi connectivity index (χ0) is 28.5. The molecular formula is C31H32N4O5. The molecule has 0 aliphatic heterocycles. The van der Waals surface area contributed by atoms with E-state index >= 15 is 0 Å². The third-order valence-electron chi connectivity index (χ3n) is 6.45. The van der Waals surface area contributed by atoms with Crippen molar-refractivity contribution in [1.82, 2.24) is 20.6 Å². The second-order valence-corrected chi connectivity index (χ2v) is 9.41. The van der Waals surface area contributed by atoms with Crippen LogP contribution in [0.4, 0.5) is 4.79 Å². The number of aryl methyl sites for hydroxylation is 1. The van der Waals surface area contributed by atoms with Crippen LogP contribution >= 0.6 is 0 Å². The van der Waals surface area contributed by atoms with E-state index in [1.807, 2.05) is 66.9 Å². The minimum absolute atomic E-state index is 0.0552. The zero-order valence-electron chi connectivity index (χ0n) is 22.3. The minimum Gasteiger partial charge on any atom is -0.480 e. The van der Waals surface area contributed by atoms with Crippen LogP contribution < -0.4 is 10.6 Å². The quantitative estimate of drug-likeness (QED) is 0.187. The number of carboxylic acids is 1. The summed E-state index contributed by atoms with van der Waals surface area (Å²) in [5.41, 5.74) is 5.06. The molecule has 5 aromatic rings. The predicted molar refractivity (Wildman–Crippen MR) is 154 cm³/mol. The Morgan fingerprint density at radius 2 is 1.43 bits per heavy atom. The van der Waals surface area contributed by atoms with Crippen molar-refractivity contribution in [2.75, 3.05) is 0 Å². The summed E-state index contributed by atoms with van der Waals surface area (Å²) in [5, 5.41) is 16.3. The SMILES string of the molecule is CC(NC(=O)C(Cc1c[nH]c2ccccc12)NC(=O)OCc1ccccc1)C(=O)O.Cc1c[nH]c2ccccc12. The maximum absolute atomic E-state index is 12.7. The minimum atomic E-state index is -1.17. The molecule has 0 bridgehead atoms. The number of para-hydroxylation sites is 2. The smallest absolute Gasteiger partial charge is 0.408 e. The van der Waals surface area contributed by atoms with Crippen LogP contribution in [0.15, 0.2) is 91.3 Å². The lowest BCUT2D eigenvalue weighted by Gasteiger charge is -2.19. The molecule has 0 saturated carbocycles. The van der Waals surface area contributed by atoms with Gasteiger partial charge in [0.25, 0.3) is 0 Å². The molecular weight excluding hydrogens is 508 g/mol. The molecule has 9 heteroatoms. The van der Waals surface area contributed by atoms with Gasteiger partial charge in [0.05, 0.1) is 0 Å². The summed E-state index contributed by atoms with van der Waals surface area (Å²) in [6.45, 7) is 3.52. The number of fused-ring (bicyclic) bond motifs is 2. The van der Waals surface area contributed by atoms with Crippen LogP contribution in [0.2, 0.25) is 0 Å². The summed E-state index contributed by atoms with van der Waals surface area (Å²) in [6, 6.07) is 22.9. The van der Waals surface area contributed by atoms with Gasteiger partial charge in [-0.05, 0) is 42.7 Å². The van der Waals surface area contributed by atoms with Gasteiger partial charge in [0.1, 0.15) is 18.7 Å². The Labute approximate surface area is 231 Å². The Hall–Kier alpha value is -5.05. The van der Waals surface area contributed by atoms with E-state index in [0.717, 1.165) is 22.0 Å². The molecule has 0 aliphatic carbocycles. The van der Waals surface area contributed by atoms with E-state index in [-0.39, 0.29) is 13.0 Å². The molecule has 9 nitrogen and oxygen atoms in total. The molecule has 0 radical (unpaired) electrons. The molecule has 5 rings (SSSR count). The number of alkyl carbamates (subject to hydrolysis) is 1. The van der Waals surface area contributed by atoms with Crippen LogP contribution in [0.25, 0.3) is 21.8 Å². The van der Waals surface area contributed by atoms with Crippen molar-refractivity contribution in [2.45, 2.75) is 39.0 Å². The summed E-state index contributed by atoms with van der Waals surface area (Å²) < 4.78 is 5.21. The van der Waals surface area contributed by atoms with Crippen LogP contribution in [0.5, 0.6) is 0 Å². The highest BCUT2D eigenvalue weighted by atomic mass is 16.5. The zero-order valence-corrected chi connectivity index (χ0v) is 22.3. The number of aromatic nitrogens is 2. The Bertz CT molecular complexity index is 1590. The third kappa shape index (κ3) is 7.28. The lowest BCUT2D eigenvalue weighted by molar-refractivity contribution is -0.141. The second-order valence-electron chi connectivity index (χ2n) is 9.41. The highest BCUT2D eigenvalue weighted by molar-refractivity contribution is 5.90. The van der Waals surface area contributed by atoms with Crippen LogP contribution in [-0.4, -0.2) is 45.1 Å². The molecule has 2 unspecified atom stereocenters. The molecule has 0 aliphatic rings. The largest absolute Gasteiger partial charge is 0.480 e. The number of rotatable bonds is 8. The average Bonchev–Trinajstić information content (AvgIpc) is 3.56. The Kier molecular flexibility index (Phi) is 9.19. The van der Waals surface area contributed by atoms with Gasteiger partial charge in [0, 0.05) is 40.6 Å². The first-order chi connectivity index (χ1) is 19.3. The van der Waals surface area contributed by atoms with Crippen molar-refractivity contribution in [3.63, 3.8) is 0 Å². The number of hydrogen-bond donors (Lipinski definition) is 5. The predicted octanol–water partition coefficient (Wildman–Crippen LogP) is 5.07. The van der Waals surface area contributed by atoms with Gasteiger partial charge in [-0.3, -0.25) is 9.59 Å². The van der Waals surface area contributed by atoms with Crippen molar-refractivity contribution in [1.29, 1.82) is 0 Å². The average molecular weight is 541 g/mol. The number of aliphatic carboxylic acids is 1. The molecule has 0 spiro atoms. The molecule has 2 amide bonds. The van der Waals surface area contributed by atoms with E-state index in [4.69, 9.17) is 9.84 Å². The molecule has 2 heterocycles. The van der Waals surface area contributed by atoms with Gasteiger partial charge in [-0.2, -0.15) is 0 Å². The van der Waals surface area contributed by atoms with Crippen LogP contribution in [0.3, 0.4) is 0 Å². The second kappa shape index (κ2) is 13.1. The van der Waals surface area contributed by atoms with Crippen molar-refractivity contribution < 1.29 is 24.2 Å². The number of carbonyl (C=O) groups excluding carboxylic acids is 2.